The van der Waals surface area contributed by atoms with Crippen molar-refractivity contribution in [3.63, 3.8) is 0 Å². The van der Waals surface area contributed by atoms with E-state index in [0.29, 0.717) is 19.3 Å². The molecule has 0 spiro atoms. The molecule has 0 aliphatic heterocycles. The van der Waals surface area contributed by atoms with E-state index in [1.807, 2.05) is 21.1 Å². The summed E-state index contributed by atoms with van der Waals surface area (Å²) in [6, 6.07) is -0.619. The Morgan fingerprint density at radius 3 is 1.45 bits per heavy atom. The zero-order chi connectivity index (χ0) is 40.7. The van der Waals surface area contributed by atoms with E-state index >= 15 is 0 Å². The fourth-order valence-corrected chi connectivity index (χ4v) is 6.49. The number of esters is 2. The normalized spacial score (nSPS) is 13.3. The van der Waals surface area contributed by atoms with Gasteiger partial charge in [-0.3, -0.25) is 9.59 Å². The van der Waals surface area contributed by atoms with Crippen LogP contribution < -0.4 is 0 Å². The molecule has 55 heavy (non-hydrogen) atoms. The number of likely N-dealkylation sites (N-methyl/N-ethyl adjacent to an activating group) is 1. The number of hydrogen-bond acceptors (Lipinski definition) is 6. The SMILES string of the molecule is CCCCCC/C=C/CCCCCCCCCC(=O)OCC(COCCC(C(=O)O)[N+](C)(C)C)OC(=O)CCCCC/C=C/C=C/CCCCCCCCC. The van der Waals surface area contributed by atoms with Gasteiger partial charge in [0, 0.05) is 19.3 Å². The van der Waals surface area contributed by atoms with Gasteiger partial charge in [0.15, 0.2) is 12.1 Å². The molecule has 0 fully saturated rings. The molecule has 0 aliphatic rings. The van der Waals surface area contributed by atoms with Crippen molar-refractivity contribution in [2.24, 2.45) is 0 Å². The van der Waals surface area contributed by atoms with Crippen molar-refractivity contribution in [2.45, 2.75) is 206 Å². The first-order valence-electron chi connectivity index (χ1n) is 22.5. The standard InChI is InChI=1S/C47H85NO7/c1-6-8-10-12-14-16-18-20-22-24-26-28-30-32-34-36-38-46(50)55-43(41-53-40-39-44(47(51)52)48(3,4)5)42-54-45(49)37-35-33-31-29-27-25-23-21-19-17-15-13-11-9-7-2/h17,19,22,24,26,28,43-44H,6-16,18,20-21,23,25,27,29-42H2,1-5H3/p+1/b19-17+,24-22+,28-26+. The number of hydrogen-bond donors (Lipinski definition) is 1. The second-order valence-electron chi connectivity index (χ2n) is 16.3. The fourth-order valence-electron chi connectivity index (χ4n) is 6.49. The molecular weight excluding hydrogens is 691 g/mol. The molecule has 0 heterocycles. The zero-order valence-corrected chi connectivity index (χ0v) is 36.4. The van der Waals surface area contributed by atoms with Gasteiger partial charge in [0.05, 0.1) is 34.4 Å². The third kappa shape index (κ3) is 36.9. The van der Waals surface area contributed by atoms with Crippen LogP contribution in [0.25, 0.3) is 0 Å². The maximum atomic E-state index is 12.7. The third-order valence-electron chi connectivity index (χ3n) is 10.0. The van der Waals surface area contributed by atoms with E-state index in [-0.39, 0.29) is 36.2 Å². The molecule has 8 heteroatoms. The molecule has 0 aromatic carbocycles. The Bertz CT molecular complexity index is 1000. The summed E-state index contributed by atoms with van der Waals surface area (Å²) in [7, 11) is 5.52. The summed E-state index contributed by atoms with van der Waals surface area (Å²) in [4.78, 5) is 37.0. The van der Waals surface area contributed by atoms with Gasteiger partial charge in [-0.05, 0) is 64.2 Å². The maximum Gasteiger partial charge on any atom is 0.362 e. The van der Waals surface area contributed by atoms with Gasteiger partial charge < -0.3 is 23.8 Å². The number of aliphatic carboxylic acids is 1. The lowest BCUT2D eigenvalue weighted by Crippen LogP contribution is -2.50. The highest BCUT2D eigenvalue weighted by molar-refractivity contribution is 5.72. The average molecular weight is 777 g/mol. The summed E-state index contributed by atoms with van der Waals surface area (Å²) in [5, 5.41) is 9.62. The van der Waals surface area contributed by atoms with Crippen molar-refractivity contribution in [2.75, 3.05) is 41.0 Å². The van der Waals surface area contributed by atoms with Gasteiger partial charge in [0.25, 0.3) is 0 Å². The predicted molar refractivity (Wildman–Crippen MR) is 229 cm³/mol. The van der Waals surface area contributed by atoms with Crippen LogP contribution >= 0.6 is 0 Å². The molecule has 0 aromatic rings. The highest BCUT2D eigenvalue weighted by Crippen LogP contribution is 2.14. The summed E-state index contributed by atoms with van der Waals surface area (Å²) in [5.41, 5.74) is 0. The van der Waals surface area contributed by atoms with Gasteiger partial charge in [-0.25, -0.2) is 4.79 Å². The average Bonchev–Trinajstić information content (AvgIpc) is 3.14. The number of carbonyl (C=O) groups is 3. The second kappa shape index (κ2) is 38.4. The molecule has 0 amide bonds. The van der Waals surface area contributed by atoms with Crippen molar-refractivity contribution >= 4 is 17.9 Å². The minimum absolute atomic E-state index is 0.0501. The first-order valence-corrected chi connectivity index (χ1v) is 22.5. The van der Waals surface area contributed by atoms with Crippen LogP contribution in [0.5, 0.6) is 0 Å². The summed E-state index contributed by atoms with van der Waals surface area (Å²) in [5.74, 6) is -1.50. The van der Waals surface area contributed by atoms with Gasteiger partial charge in [-0.15, -0.1) is 0 Å². The van der Waals surface area contributed by atoms with Crippen LogP contribution in [0.2, 0.25) is 0 Å². The second-order valence-corrected chi connectivity index (χ2v) is 16.3. The number of carbonyl (C=O) groups excluding carboxylic acids is 2. The van der Waals surface area contributed by atoms with Gasteiger partial charge in [0.1, 0.15) is 6.61 Å². The quantitative estimate of drug-likeness (QED) is 0.0217. The first-order chi connectivity index (χ1) is 26.6. The van der Waals surface area contributed by atoms with E-state index in [1.165, 1.54) is 109 Å². The largest absolute Gasteiger partial charge is 0.477 e. The van der Waals surface area contributed by atoms with Crippen molar-refractivity contribution in [1.82, 2.24) is 0 Å². The Morgan fingerprint density at radius 2 is 0.964 bits per heavy atom. The van der Waals surface area contributed by atoms with E-state index in [9.17, 15) is 19.5 Å². The number of unbranched alkanes of at least 4 members (excludes halogenated alkanes) is 21. The molecule has 2 unspecified atom stereocenters. The Balaban J connectivity index is 4.39. The van der Waals surface area contributed by atoms with Crippen LogP contribution in [0.4, 0.5) is 0 Å². The number of ether oxygens (including phenoxy) is 3. The van der Waals surface area contributed by atoms with Crippen molar-refractivity contribution in [3.8, 4) is 0 Å². The molecule has 0 rings (SSSR count). The Hall–Kier alpha value is -2.45. The monoisotopic (exact) mass is 777 g/mol. The van der Waals surface area contributed by atoms with Crippen LogP contribution in [-0.4, -0.2) is 80.6 Å². The summed E-state index contributed by atoms with van der Waals surface area (Å²) < 4.78 is 17.3. The maximum absolute atomic E-state index is 12.7. The summed E-state index contributed by atoms with van der Waals surface area (Å²) >= 11 is 0. The van der Waals surface area contributed by atoms with Gasteiger partial charge in [-0.2, -0.15) is 0 Å². The van der Waals surface area contributed by atoms with Crippen LogP contribution in [0.15, 0.2) is 36.5 Å². The lowest BCUT2D eigenvalue weighted by atomic mass is 10.1. The van der Waals surface area contributed by atoms with E-state index in [1.54, 1.807) is 0 Å². The summed E-state index contributed by atoms with van der Waals surface area (Å²) in [6.07, 6.45) is 43.3. The highest BCUT2D eigenvalue weighted by Gasteiger charge is 2.31. The number of nitrogens with zero attached hydrogens (tertiary/aromatic N) is 1. The molecule has 320 valence electrons. The molecule has 0 aliphatic carbocycles. The number of allylic oxidation sites excluding steroid dienone is 6. The minimum Gasteiger partial charge on any atom is -0.477 e. The third-order valence-corrected chi connectivity index (χ3v) is 10.0. The van der Waals surface area contributed by atoms with Crippen LogP contribution in [-0.2, 0) is 28.6 Å². The molecule has 8 nitrogen and oxygen atoms in total. The molecule has 1 N–H and O–H groups in total. The first kappa shape index (κ1) is 52.6. The minimum atomic E-state index is -0.880. The zero-order valence-electron chi connectivity index (χ0n) is 36.4. The number of carboxylic acid groups (broad SMARTS) is 1. The van der Waals surface area contributed by atoms with Crippen molar-refractivity contribution in [1.29, 1.82) is 0 Å². The molecule has 0 saturated heterocycles. The lowest BCUT2D eigenvalue weighted by molar-refractivity contribution is -0.887. The lowest BCUT2D eigenvalue weighted by Gasteiger charge is -2.31. The molecule has 0 aromatic heterocycles. The summed E-state index contributed by atoms with van der Waals surface area (Å²) in [6.45, 7) is 4.69. The van der Waals surface area contributed by atoms with E-state index in [0.717, 1.165) is 51.4 Å². The Morgan fingerprint density at radius 1 is 0.545 bits per heavy atom. The van der Waals surface area contributed by atoms with E-state index in [4.69, 9.17) is 14.2 Å². The van der Waals surface area contributed by atoms with Gasteiger partial charge >= 0.3 is 17.9 Å². The topological polar surface area (TPSA) is 99.1 Å². The smallest absolute Gasteiger partial charge is 0.362 e. The molecule has 2 atom stereocenters. The van der Waals surface area contributed by atoms with E-state index in [2.05, 4.69) is 50.3 Å². The van der Waals surface area contributed by atoms with Crippen molar-refractivity contribution < 1.29 is 38.2 Å². The van der Waals surface area contributed by atoms with E-state index < -0.39 is 18.1 Å². The number of rotatable bonds is 40. The Kier molecular flexibility index (Phi) is 36.7. The molecule has 0 radical (unpaired) electrons. The predicted octanol–water partition coefficient (Wildman–Crippen LogP) is 12.2. The highest BCUT2D eigenvalue weighted by atomic mass is 16.6. The van der Waals surface area contributed by atoms with Crippen LogP contribution in [0.1, 0.15) is 194 Å². The molecular formula is C47H86NO7+. The fraction of sp³-hybridized carbons (Fsp3) is 0.809. The molecule has 0 saturated carbocycles. The number of carboxylic acids is 1. The van der Waals surface area contributed by atoms with Gasteiger partial charge in [0.2, 0.25) is 0 Å². The van der Waals surface area contributed by atoms with Crippen LogP contribution in [0, 0.1) is 0 Å². The Labute approximate surface area is 338 Å². The van der Waals surface area contributed by atoms with Gasteiger partial charge in [-0.1, -0.05) is 147 Å². The van der Waals surface area contributed by atoms with Crippen molar-refractivity contribution in [3.05, 3.63) is 36.5 Å². The number of quaternary nitrogens is 1. The molecule has 0 bridgehead atoms. The van der Waals surface area contributed by atoms with Crippen LogP contribution in [0.3, 0.4) is 0 Å².